The Morgan fingerprint density at radius 1 is 0.871 bits per heavy atom. The van der Waals surface area contributed by atoms with Crippen molar-refractivity contribution in [1.82, 2.24) is 4.98 Å². The highest BCUT2D eigenvalue weighted by atomic mass is 35.5. The average molecular weight is 434 g/mol. The molecule has 158 valence electrons. The SMILES string of the molecule is COc1ccc(Cl)c2c(=O)c(C[NH+](Cc3ccccc3)Cc3ccccc3)c(C)[nH]c12. The molecule has 0 atom stereocenters. The minimum Gasteiger partial charge on any atom is -0.495 e. The zero-order valence-corrected chi connectivity index (χ0v) is 18.5. The van der Waals surface area contributed by atoms with Gasteiger partial charge < -0.3 is 14.6 Å². The van der Waals surface area contributed by atoms with E-state index in [0.29, 0.717) is 28.2 Å². The summed E-state index contributed by atoms with van der Waals surface area (Å²) in [5.74, 6) is 0.615. The predicted molar refractivity (Wildman–Crippen MR) is 126 cm³/mol. The molecule has 0 aliphatic rings. The number of H-pyrrole nitrogens is 1. The Hall–Kier alpha value is -3.08. The first kappa shape index (κ1) is 21.2. The quantitative estimate of drug-likeness (QED) is 0.457. The van der Waals surface area contributed by atoms with Gasteiger partial charge in [-0.2, -0.15) is 0 Å². The normalized spacial score (nSPS) is 11.2. The van der Waals surface area contributed by atoms with Crippen LogP contribution in [0.1, 0.15) is 22.4 Å². The Bertz CT molecular complexity index is 1200. The predicted octanol–water partition coefficient (Wildman–Crippen LogP) is 4.28. The number of methoxy groups -OCH3 is 1. The number of aryl methyl sites for hydroxylation is 1. The van der Waals surface area contributed by atoms with Crippen LogP contribution >= 0.6 is 11.6 Å². The van der Waals surface area contributed by atoms with Crippen LogP contribution in [0.2, 0.25) is 5.02 Å². The number of hydrogen-bond acceptors (Lipinski definition) is 2. The van der Waals surface area contributed by atoms with Gasteiger partial charge in [-0.1, -0.05) is 72.3 Å². The lowest BCUT2D eigenvalue weighted by atomic mass is 10.1. The summed E-state index contributed by atoms with van der Waals surface area (Å²) in [5.41, 5.74) is 4.69. The number of aromatic amines is 1. The maximum atomic E-state index is 13.5. The molecule has 0 amide bonds. The third-order valence-corrected chi connectivity index (χ3v) is 5.94. The van der Waals surface area contributed by atoms with Gasteiger partial charge in [0.25, 0.3) is 0 Å². The van der Waals surface area contributed by atoms with E-state index in [4.69, 9.17) is 16.3 Å². The molecular formula is C26H26ClN2O2+. The van der Waals surface area contributed by atoms with E-state index >= 15 is 0 Å². The molecule has 0 aliphatic heterocycles. The highest BCUT2D eigenvalue weighted by molar-refractivity contribution is 6.35. The van der Waals surface area contributed by atoms with Crippen molar-refractivity contribution in [1.29, 1.82) is 0 Å². The van der Waals surface area contributed by atoms with Crippen molar-refractivity contribution in [2.75, 3.05) is 7.11 Å². The topological polar surface area (TPSA) is 46.5 Å². The van der Waals surface area contributed by atoms with Crippen LogP contribution in [0.5, 0.6) is 5.75 Å². The lowest BCUT2D eigenvalue weighted by molar-refractivity contribution is -0.941. The van der Waals surface area contributed by atoms with Gasteiger partial charge in [-0.3, -0.25) is 4.79 Å². The zero-order valence-electron chi connectivity index (χ0n) is 17.7. The summed E-state index contributed by atoms with van der Waals surface area (Å²) in [7, 11) is 1.59. The van der Waals surface area contributed by atoms with Crippen molar-refractivity contribution in [3.63, 3.8) is 0 Å². The highest BCUT2D eigenvalue weighted by Gasteiger charge is 2.20. The van der Waals surface area contributed by atoms with Crippen molar-refractivity contribution >= 4 is 22.5 Å². The largest absolute Gasteiger partial charge is 0.495 e. The van der Waals surface area contributed by atoms with Crippen molar-refractivity contribution in [3.8, 4) is 5.75 Å². The number of pyridine rings is 1. The molecular weight excluding hydrogens is 408 g/mol. The van der Waals surface area contributed by atoms with E-state index in [1.165, 1.54) is 16.0 Å². The molecule has 0 bridgehead atoms. The fourth-order valence-electron chi connectivity index (χ4n) is 4.08. The van der Waals surface area contributed by atoms with E-state index in [1.807, 2.05) is 19.1 Å². The second kappa shape index (κ2) is 9.38. The molecule has 0 spiro atoms. The number of aromatic nitrogens is 1. The van der Waals surface area contributed by atoms with Gasteiger partial charge in [0.05, 0.1) is 28.6 Å². The fourth-order valence-corrected chi connectivity index (χ4v) is 4.32. The number of hydrogen-bond donors (Lipinski definition) is 2. The van der Waals surface area contributed by atoms with Gasteiger partial charge in [-0.05, 0) is 19.1 Å². The van der Waals surface area contributed by atoms with Crippen LogP contribution in [-0.4, -0.2) is 12.1 Å². The molecule has 0 saturated heterocycles. The Labute approximate surface area is 187 Å². The average Bonchev–Trinajstić information content (AvgIpc) is 2.78. The van der Waals surface area contributed by atoms with Gasteiger partial charge in [0.1, 0.15) is 25.4 Å². The standard InChI is InChI=1S/C26H25ClN2O2/c1-18-21(26(30)24-22(27)13-14-23(31-2)25(24)28-18)17-29(15-19-9-5-3-6-10-19)16-20-11-7-4-8-12-20/h3-14H,15-17H2,1-2H3,(H,28,30)/p+1. The Kier molecular flexibility index (Phi) is 6.40. The zero-order chi connectivity index (χ0) is 21.8. The lowest BCUT2D eigenvalue weighted by Gasteiger charge is -2.21. The highest BCUT2D eigenvalue weighted by Crippen LogP contribution is 2.28. The summed E-state index contributed by atoms with van der Waals surface area (Å²) < 4.78 is 5.44. The molecule has 4 aromatic rings. The van der Waals surface area contributed by atoms with E-state index in [9.17, 15) is 4.79 Å². The Morgan fingerprint density at radius 2 is 1.45 bits per heavy atom. The van der Waals surface area contributed by atoms with Crippen LogP contribution in [0.4, 0.5) is 0 Å². The van der Waals surface area contributed by atoms with Crippen LogP contribution in [0.15, 0.2) is 77.6 Å². The first-order chi connectivity index (χ1) is 15.1. The first-order valence-corrected chi connectivity index (χ1v) is 10.7. The summed E-state index contributed by atoms with van der Waals surface area (Å²) in [4.78, 5) is 18.2. The van der Waals surface area contributed by atoms with Crippen molar-refractivity contribution < 1.29 is 9.64 Å². The first-order valence-electron chi connectivity index (χ1n) is 10.4. The van der Waals surface area contributed by atoms with E-state index in [-0.39, 0.29) is 5.43 Å². The fraction of sp³-hybridized carbons (Fsp3) is 0.192. The molecule has 0 unspecified atom stereocenters. The van der Waals surface area contributed by atoms with Gasteiger partial charge in [-0.15, -0.1) is 0 Å². The number of ether oxygens (including phenoxy) is 1. The van der Waals surface area contributed by atoms with E-state index in [0.717, 1.165) is 24.3 Å². The molecule has 1 heterocycles. The van der Waals surface area contributed by atoms with E-state index < -0.39 is 0 Å². The summed E-state index contributed by atoms with van der Waals surface area (Å²) in [6.07, 6.45) is 0. The molecule has 0 fully saturated rings. The van der Waals surface area contributed by atoms with Gasteiger partial charge in [0, 0.05) is 16.8 Å². The molecule has 0 saturated carbocycles. The molecule has 0 aliphatic carbocycles. The second-order valence-electron chi connectivity index (χ2n) is 7.81. The molecule has 4 rings (SSSR count). The monoisotopic (exact) mass is 433 g/mol. The van der Waals surface area contributed by atoms with Crippen LogP contribution in [0, 0.1) is 6.92 Å². The third kappa shape index (κ3) is 4.66. The number of fused-ring (bicyclic) bond motifs is 1. The lowest BCUT2D eigenvalue weighted by Crippen LogP contribution is -3.08. The number of halogens is 1. The molecule has 0 radical (unpaired) electrons. The van der Waals surface area contributed by atoms with Crippen molar-refractivity contribution in [2.45, 2.75) is 26.6 Å². The van der Waals surface area contributed by atoms with Crippen LogP contribution in [0.3, 0.4) is 0 Å². The molecule has 31 heavy (non-hydrogen) atoms. The van der Waals surface area contributed by atoms with Gasteiger partial charge in [-0.25, -0.2) is 0 Å². The molecule has 4 nitrogen and oxygen atoms in total. The Morgan fingerprint density at radius 3 is 2.00 bits per heavy atom. The molecule has 3 aromatic carbocycles. The summed E-state index contributed by atoms with van der Waals surface area (Å²) in [5, 5.41) is 0.923. The second-order valence-corrected chi connectivity index (χ2v) is 8.22. The summed E-state index contributed by atoms with van der Waals surface area (Å²) in [6.45, 7) is 4.17. The Balaban J connectivity index is 1.75. The van der Waals surface area contributed by atoms with Crippen LogP contribution in [0.25, 0.3) is 10.9 Å². The van der Waals surface area contributed by atoms with Gasteiger partial charge in [0.15, 0.2) is 5.43 Å². The van der Waals surface area contributed by atoms with Crippen LogP contribution < -0.4 is 15.1 Å². The number of rotatable bonds is 7. The minimum absolute atomic E-state index is 0.0335. The van der Waals surface area contributed by atoms with Crippen molar-refractivity contribution in [2.24, 2.45) is 0 Å². The third-order valence-electron chi connectivity index (χ3n) is 5.62. The minimum atomic E-state index is -0.0335. The molecule has 2 N–H and O–H groups in total. The van der Waals surface area contributed by atoms with Gasteiger partial charge in [0.2, 0.25) is 0 Å². The van der Waals surface area contributed by atoms with Crippen molar-refractivity contribution in [3.05, 3.63) is 110 Å². The van der Waals surface area contributed by atoms with Gasteiger partial charge >= 0.3 is 0 Å². The summed E-state index contributed by atoms with van der Waals surface area (Å²) in [6, 6.07) is 24.3. The smallest absolute Gasteiger partial charge is 0.200 e. The van der Waals surface area contributed by atoms with E-state index in [2.05, 4.69) is 53.5 Å². The maximum absolute atomic E-state index is 13.5. The molecule has 5 heteroatoms. The number of nitrogens with one attached hydrogen (secondary N) is 2. The van der Waals surface area contributed by atoms with Crippen LogP contribution in [-0.2, 0) is 19.6 Å². The molecule has 1 aromatic heterocycles. The van der Waals surface area contributed by atoms with E-state index in [1.54, 1.807) is 19.2 Å². The summed E-state index contributed by atoms with van der Waals surface area (Å²) >= 11 is 6.43. The number of quaternary nitrogens is 1. The number of benzene rings is 3. The maximum Gasteiger partial charge on any atom is 0.200 e.